The summed E-state index contributed by atoms with van der Waals surface area (Å²) >= 11 is 0. The van der Waals surface area contributed by atoms with Gasteiger partial charge >= 0.3 is 0 Å². The standard InChI is InChI=1S/C18H28N4O2/c1-14(2)24-17-16(19-8-9-20-17)21-10-12-22(13-11-21)18(23)15-6-4-3-5-7-15/h8-9,14-15H,3-7,10-13H2,1-2H3. The summed E-state index contributed by atoms with van der Waals surface area (Å²) in [6.07, 6.45) is 9.23. The highest BCUT2D eigenvalue weighted by molar-refractivity contribution is 5.79. The topological polar surface area (TPSA) is 58.6 Å². The van der Waals surface area contributed by atoms with Crippen molar-refractivity contribution in [1.29, 1.82) is 0 Å². The summed E-state index contributed by atoms with van der Waals surface area (Å²) in [4.78, 5) is 25.6. The Labute approximate surface area is 144 Å². The van der Waals surface area contributed by atoms with Crippen molar-refractivity contribution in [2.75, 3.05) is 31.1 Å². The minimum atomic E-state index is 0.0645. The van der Waals surface area contributed by atoms with Crippen molar-refractivity contribution in [3.05, 3.63) is 12.4 Å². The first-order chi connectivity index (χ1) is 11.6. The van der Waals surface area contributed by atoms with Crippen LogP contribution in [0.15, 0.2) is 12.4 Å². The van der Waals surface area contributed by atoms with Gasteiger partial charge in [0.05, 0.1) is 6.10 Å². The molecule has 0 unspecified atom stereocenters. The molecule has 0 N–H and O–H groups in total. The maximum Gasteiger partial charge on any atom is 0.257 e. The van der Waals surface area contributed by atoms with Gasteiger partial charge in [0, 0.05) is 44.5 Å². The van der Waals surface area contributed by atoms with E-state index in [9.17, 15) is 4.79 Å². The second-order valence-corrected chi connectivity index (χ2v) is 7.00. The molecule has 3 rings (SSSR count). The second-order valence-electron chi connectivity index (χ2n) is 7.00. The molecule has 1 aliphatic heterocycles. The zero-order chi connectivity index (χ0) is 16.9. The zero-order valence-electron chi connectivity index (χ0n) is 14.8. The number of aromatic nitrogens is 2. The summed E-state index contributed by atoms with van der Waals surface area (Å²) in [7, 11) is 0. The van der Waals surface area contributed by atoms with E-state index in [4.69, 9.17) is 4.74 Å². The molecule has 2 fully saturated rings. The highest BCUT2D eigenvalue weighted by Gasteiger charge is 2.29. The zero-order valence-corrected chi connectivity index (χ0v) is 14.8. The smallest absolute Gasteiger partial charge is 0.257 e. The van der Waals surface area contributed by atoms with Crippen LogP contribution in [0.3, 0.4) is 0 Å². The van der Waals surface area contributed by atoms with E-state index in [1.807, 2.05) is 18.7 Å². The van der Waals surface area contributed by atoms with E-state index >= 15 is 0 Å². The molecule has 2 heterocycles. The van der Waals surface area contributed by atoms with E-state index < -0.39 is 0 Å². The van der Waals surface area contributed by atoms with Crippen LogP contribution in [-0.2, 0) is 4.79 Å². The van der Waals surface area contributed by atoms with Crippen molar-refractivity contribution in [2.45, 2.75) is 52.1 Å². The Hall–Kier alpha value is -1.85. The molecule has 6 nitrogen and oxygen atoms in total. The molecule has 1 saturated heterocycles. The second kappa shape index (κ2) is 7.81. The predicted molar refractivity (Wildman–Crippen MR) is 93.2 cm³/mol. The Morgan fingerprint density at radius 3 is 2.42 bits per heavy atom. The van der Waals surface area contributed by atoms with Gasteiger partial charge in [0.25, 0.3) is 5.88 Å². The lowest BCUT2D eigenvalue weighted by atomic mass is 9.88. The summed E-state index contributed by atoms with van der Waals surface area (Å²) in [5, 5.41) is 0. The maximum atomic E-state index is 12.7. The van der Waals surface area contributed by atoms with Crippen LogP contribution >= 0.6 is 0 Å². The van der Waals surface area contributed by atoms with Crippen molar-refractivity contribution in [2.24, 2.45) is 5.92 Å². The van der Waals surface area contributed by atoms with Gasteiger partial charge in [-0.1, -0.05) is 19.3 Å². The molecule has 132 valence electrons. The first kappa shape index (κ1) is 17.0. The van der Waals surface area contributed by atoms with Gasteiger partial charge in [-0.2, -0.15) is 0 Å². The van der Waals surface area contributed by atoms with Crippen LogP contribution in [0.2, 0.25) is 0 Å². The van der Waals surface area contributed by atoms with Crippen LogP contribution in [-0.4, -0.2) is 53.1 Å². The number of carbonyl (C=O) groups is 1. The fourth-order valence-electron chi connectivity index (χ4n) is 3.59. The van der Waals surface area contributed by atoms with Crippen molar-refractivity contribution in [3.8, 4) is 5.88 Å². The van der Waals surface area contributed by atoms with Crippen molar-refractivity contribution in [1.82, 2.24) is 14.9 Å². The van der Waals surface area contributed by atoms with Crippen LogP contribution in [0.1, 0.15) is 46.0 Å². The normalized spacial score (nSPS) is 19.6. The number of piperazine rings is 1. The molecule has 1 aliphatic carbocycles. The molecular formula is C18H28N4O2. The molecule has 24 heavy (non-hydrogen) atoms. The Kier molecular flexibility index (Phi) is 5.53. The third-order valence-electron chi connectivity index (χ3n) is 4.84. The predicted octanol–water partition coefficient (Wildman–Crippen LogP) is 2.49. The minimum Gasteiger partial charge on any atom is -0.472 e. The van der Waals surface area contributed by atoms with Gasteiger partial charge in [0.2, 0.25) is 5.91 Å². The van der Waals surface area contributed by atoms with Crippen molar-refractivity contribution < 1.29 is 9.53 Å². The fourth-order valence-corrected chi connectivity index (χ4v) is 3.59. The van der Waals surface area contributed by atoms with E-state index in [0.29, 0.717) is 11.8 Å². The average Bonchev–Trinajstić information content (AvgIpc) is 2.62. The molecule has 0 spiro atoms. The van der Waals surface area contributed by atoms with Gasteiger partial charge in [0.1, 0.15) is 0 Å². The number of nitrogens with zero attached hydrogens (tertiary/aromatic N) is 4. The Morgan fingerprint density at radius 1 is 1.08 bits per heavy atom. The number of amides is 1. The highest BCUT2D eigenvalue weighted by atomic mass is 16.5. The van der Waals surface area contributed by atoms with Gasteiger partial charge in [-0.05, 0) is 26.7 Å². The van der Waals surface area contributed by atoms with Gasteiger partial charge in [-0.15, -0.1) is 0 Å². The summed E-state index contributed by atoms with van der Waals surface area (Å²) in [5.74, 6) is 1.98. The minimum absolute atomic E-state index is 0.0645. The van der Waals surface area contributed by atoms with Gasteiger partial charge in [-0.3, -0.25) is 4.79 Å². The summed E-state index contributed by atoms with van der Waals surface area (Å²) in [6.45, 7) is 7.05. The monoisotopic (exact) mass is 332 g/mol. The Balaban J connectivity index is 1.60. The number of hydrogen-bond donors (Lipinski definition) is 0. The average molecular weight is 332 g/mol. The molecule has 1 amide bonds. The maximum absolute atomic E-state index is 12.7. The van der Waals surface area contributed by atoms with Gasteiger partial charge < -0.3 is 14.5 Å². The lowest BCUT2D eigenvalue weighted by Crippen LogP contribution is -2.51. The summed E-state index contributed by atoms with van der Waals surface area (Å²) in [5.41, 5.74) is 0. The molecule has 1 aromatic heterocycles. The number of anilines is 1. The number of rotatable bonds is 4. The number of ether oxygens (including phenoxy) is 1. The molecule has 1 saturated carbocycles. The largest absolute Gasteiger partial charge is 0.472 e. The van der Waals surface area contributed by atoms with Crippen LogP contribution in [0, 0.1) is 5.92 Å². The van der Waals surface area contributed by atoms with Crippen LogP contribution < -0.4 is 9.64 Å². The third-order valence-corrected chi connectivity index (χ3v) is 4.84. The van der Waals surface area contributed by atoms with Crippen molar-refractivity contribution in [3.63, 3.8) is 0 Å². The lowest BCUT2D eigenvalue weighted by Gasteiger charge is -2.37. The third kappa shape index (κ3) is 3.97. The molecule has 0 radical (unpaired) electrons. The molecular weight excluding hydrogens is 304 g/mol. The van der Waals surface area contributed by atoms with Crippen LogP contribution in [0.4, 0.5) is 5.82 Å². The SMILES string of the molecule is CC(C)Oc1nccnc1N1CCN(C(=O)C2CCCCC2)CC1. The first-order valence-electron chi connectivity index (χ1n) is 9.16. The first-order valence-corrected chi connectivity index (χ1v) is 9.16. The lowest BCUT2D eigenvalue weighted by molar-refractivity contribution is -0.136. The molecule has 0 aromatic carbocycles. The Bertz CT molecular complexity index is 550. The van der Waals surface area contributed by atoms with E-state index in [1.165, 1.54) is 19.3 Å². The van der Waals surface area contributed by atoms with Gasteiger partial charge in [-0.25, -0.2) is 9.97 Å². The van der Waals surface area contributed by atoms with Crippen molar-refractivity contribution >= 4 is 11.7 Å². The molecule has 0 atom stereocenters. The van der Waals surface area contributed by atoms with E-state index in [2.05, 4.69) is 14.9 Å². The molecule has 1 aromatic rings. The summed E-state index contributed by atoms with van der Waals surface area (Å²) in [6, 6.07) is 0. The Morgan fingerprint density at radius 2 is 1.75 bits per heavy atom. The molecule has 6 heteroatoms. The van der Waals surface area contributed by atoms with Crippen LogP contribution in [0.5, 0.6) is 5.88 Å². The highest BCUT2D eigenvalue weighted by Crippen LogP contribution is 2.28. The van der Waals surface area contributed by atoms with Gasteiger partial charge in [0.15, 0.2) is 5.82 Å². The van der Waals surface area contributed by atoms with Crippen LogP contribution in [0.25, 0.3) is 0 Å². The molecule has 0 bridgehead atoms. The number of carbonyl (C=O) groups excluding carboxylic acids is 1. The summed E-state index contributed by atoms with van der Waals surface area (Å²) < 4.78 is 5.77. The van der Waals surface area contributed by atoms with E-state index in [0.717, 1.165) is 44.8 Å². The van der Waals surface area contributed by atoms with E-state index in [1.54, 1.807) is 12.4 Å². The quantitative estimate of drug-likeness (QED) is 0.848. The van der Waals surface area contributed by atoms with E-state index in [-0.39, 0.29) is 12.0 Å². The fraction of sp³-hybridized carbons (Fsp3) is 0.722. The number of hydrogen-bond acceptors (Lipinski definition) is 5. The molecule has 2 aliphatic rings.